The van der Waals surface area contributed by atoms with E-state index >= 15 is 0 Å². The lowest BCUT2D eigenvalue weighted by Crippen LogP contribution is -2.33. The van der Waals surface area contributed by atoms with Crippen molar-refractivity contribution in [2.24, 2.45) is 5.16 Å². The van der Waals surface area contributed by atoms with Gasteiger partial charge in [0.25, 0.3) is 0 Å². The molecule has 0 aliphatic carbocycles. The Morgan fingerprint density at radius 3 is 2.80 bits per heavy atom. The van der Waals surface area contributed by atoms with E-state index in [-0.39, 0.29) is 0 Å². The molecular formula is C14H21N3O3. The summed E-state index contributed by atoms with van der Waals surface area (Å²) in [6.07, 6.45) is 4.03. The Kier molecular flexibility index (Phi) is 5.96. The number of hydrogen-bond acceptors (Lipinski definition) is 5. The molecule has 0 radical (unpaired) electrons. The summed E-state index contributed by atoms with van der Waals surface area (Å²) in [5.41, 5.74) is 0.814. The average Bonchev–Trinajstić information content (AvgIpc) is 2.38. The fourth-order valence-electron chi connectivity index (χ4n) is 1.55. The van der Waals surface area contributed by atoms with E-state index < -0.39 is 11.7 Å². The molecule has 1 rings (SSSR count). The quantitative estimate of drug-likeness (QED) is 0.375. The number of hydrogen-bond donors (Lipinski definition) is 2. The van der Waals surface area contributed by atoms with Gasteiger partial charge in [0, 0.05) is 24.5 Å². The van der Waals surface area contributed by atoms with E-state index in [1.807, 2.05) is 26.8 Å². The molecule has 0 fully saturated rings. The van der Waals surface area contributed by atoms with Gasteiger partial charge in [-0.05, 0) is 45.7 Å². The van der Waals surface area contributed by atoms with Gasteiger partial charge in [0.2, 0.25) is 0 Å². The van der Waals surface area contributed by atoms with E-state index in [1.165, 1.54) is 0 Å². The molecule has 0 aliphatic rings. The lowest BCUT2D eigenvalue weighted by atomic mass is 10.1. The van der Waals surface area contributed by atoms with Crippen LogP contribution >= 0.6 is 0 Å². The topological polar surface area (TPSA) is 83.8 Å². The van der Waals surface area contributed by atoms with E-state index in [0.717, 1.165) is 5.56 Å². The highest BCUT2D eigenvalue weighted by atomic mass is 16.6. The number of amides is 1. The van der Waals surface area contributed by atoms with Crippen LogP contribution in [0.5, 0.6) is 0 Å². The van der Waals surface area contributed by atoms with Crippen molar-refractivity contribution in [2.45, 2.75) is 39.2 Å². The molecule has 0 saturated heterocycles. The third-order valence-corrected chi connectivity index (χ3v) is 2.37. The van der Waals surface area contributed by atoms with Crippen LogP contribution in [0.25, 0.3) is 0 Å². The van der Waals surface area contributed by atoms with Gasteiger partial charge in [-0.1, -0.05) is 5.16 Å². The average molecular weight is 279 g/mol. The number of alkyl carbamates (subject to hydrolysis) is 1. The van der Waals surface area contributed by atoms with Crippen molar-refractivity contribution in [3.05, 3.63) is 30.1 Å². The molecular weight excluding hydrogens is 258 g/mol. The molecule has 20 heavy (non-hydrogen) atoms. The summed E-state index contributed by atoms with van der Waals surface area (Å²) in [5, 5.41) is 14.9. The van der Waals surface area contributed by atoms with Crippen LogP contribution in [0, 0.1) is 0 Å². The van der Waals surface area contributed by atoms with Gasteiger partial charge in [-0.3, -0.25) is 4.98 Å². The summed E-state index contributed by atoms with van der Waals surface area (Å²) in [6.45, 7) is 5.89. The first-order valence-corrected chi connectivity index (χ1v) is 6.50. The minimum absolute atomic E-state index is 0.443. The summed E-state index contributed by atoms with van der Waals surface area (Å²) >= 11 is 0. The second-order valence-electron chi connectivity index (χ2n) is 5.32. The number of nitrogens with zero attached hydrogens (tertiary/aromatic N) is 2. The predicted octanol–water partition coefficient (Wildman–Crippen LogP) is 2.56. The van der Waals surface area contributed by atoms with Crippen LogP contribution in [0.15, 0.2) is 29.7 Å². The van der Waals surface area contributed by atoms with Crippen LogP contribution in [0.4, 0.5) is 4.79 Å². The zero-order valence-electron chi connectivity index (χ0n) is 12.1. The Balaban J connectivity index is 2.32. The Morgan fingerprint density at radius 2 is 2.25 bits per heavy atom. The van der Waals surface area contributed by atoms with Gasteiger partial charge in [-0.25, -0.2) is 4.79 Å². The molecule has 1 aromatic heterocycles. The molecule has 6 heteroatoms. The van der Waals surface area contributed by atoms with Gasteiger partial charge in [0.15, 0.2) is 0 Å². The van der Waals surface area contributed by atoms with Gasteiger partial charge in [-0.2, -0.15) is 0 Å². The van der Waals surface area contributed by atoms with Crippen molar-refractivity contribution in [3.63, 3.8) is 0 Å². The molecule has 6 nitrogen and oxygen atoms in total. The Labute approximate surface area is 118 Å². The molecule has 0 aliphatic heterocycles. The van der Waals surface area contributed by atoms with Crippen LogP contribution in [0.2, 0.25) is 0 Å². The van der Waals surface area contributed by atoms with Crippen LogP contribution in [0.1, 0.15) is 39.2 Å². The number of ether oxygens (including phenoxy) is 1. The monoisotopic (exact) mass is 279 g/mol. The molecule has 0 saturated carbocycles. The molecule has 1 aromatic rings. The number of nitrogens with one attached hydrogen (secondary N) is 1. The minimum Gasteiger partial charge on any atom is -0.444 e. The largest absolute Gasteiger partial charge is 0.444 e. The van der Waals surface area contributed by atoms with Crippen LogP contribution < -0.4 is 5.32 Å². The zero-order chi connectivity index (χ0) is 15.0. The maximum Gasteiger partial charge on any atom is 0.407 e. The van der Waals surface area contributed by atoms with Crippen LogP contribution in [-0.2, 0) is 4.74 Å². The van der Waals surface area contributed by atoms with E-state index in [1.54, 1.807) is 18.5 Å². The summed E-state index contributed by atoms with van der Waals surface area (Å²) in [4.78, 5) is 15.4. The number of pyridine rings is 1. The van der Waals surface area contributed by atoms with E-state index in [9.17, 15) is 4.79 Å². The standard InChI is InChI=1S/C14H21N3O3/c1-14(2,3)20-13(18)16-9-5-7-12(17-19)11-6-4-8-15-10-11/h4,6,8,10,19H,5,7,9H2,1-3H3,(H,16,18)/b17-12+. The molecule has 0 spiro atoms. The van der Waals surface area contributed by atoms with Crippen molar-refractivity contribution in [3.8, 4) is 0 Å². The Hall–Kier alpha value is -2.11. The van der Waals surface area contributed by atoms with E-state index in [0.29, 0.717) is 25.1 Å². The summed E-state index contributed by atoms with van der Waals surface area (Å²) < 4.78 is 5.12. The van der Waals surface area contributed by atoms with Gasteiger partial charge in [-0.15, -0.1) is 0 Å². The van der Waals surface area contributed by atoms with Crippen molar-refractivity contribution in [2.75, 3.05) is 6.54 Å². The highest BCUT2D eigenvalue weighted by molar-refractivity contribution is 5.99. The van der Waals surface area contributed by atoms with Gasteiger partial charge < -0.3 is 15.3 Å². The second kappa shape index (κ2) is 7.47. The fourth-order valence-corrected chi connectivity index (χ4v) is 1.55. The van der Waals surface area contributed by atoms with Crippen LogP contribution in [-0.4, -0.2) is 34.1 Å². The summed E-state index contributed by atoms with van der Waals surface area (Å²) in [7, 11) is 0. The third kappa shape index (κ3) is 6.17. The van der Waals surface area contributed by atoms with Gasteiger partial charge >= 0.3 is 6.09 Å². The molecule has 0 atom stereocenters. The number of carbonyl (C=O) groups is 1. The Morgan fingerprint density at radius 1 is 1.50 bits per heavy atom. The van der Waals surface area contributed by atoms with Crippen molar-refractivity contribution in [1.29, 1.82) is 0 Å². The number of oxime groups is 1. The molecule has 2 N–H and O–H groups in total. The molecule has 1 amide bonds. The van der Waals surface area contributed by atoms with Crippen molar-refractivity contribution < 1.29 is 14.7 Å². The fraction of sp³-hybridized carbons (Fsp3) is 0.500. The summed E-state index contributed by atoms with van der Waals surface area (Å²) in [5.74, 6) is 0. The first-order chi connectivity index (χ1) is 9.42. The number of carbonyl (C=O) groups excluding carboxylic acids is 1. The third-order valence-electron chi connectivity index (χ3n) is 2.37. The summed E-state index contributed by atoms with van der Waals surface area (Å²) in [6, 6.07) is 3.60. The number of rotatable bonds is 5. The molecule has 0 aromatic carbocycles. The van der Waals surface area contributed by atoms with Gasteiger partial charge in [0.1, 0.15) is 5.60 Å². The highest BCUT2D eigenvalue weighted by Crippen LogP contribution is 2.07. The number of aromatic nitrogens is 1. The molecule has 0 unspecified atom stereocenters. The normalized spacial score (nSPS) is 12.1. The smallest absolute Gasteiger partial charge is 0.407 e. The van der Waals surface area contributed by atoms with E-state index in [4.69, 9.17) is 9.94 Å². The minimum atomic E-state index is -0.502. The zero-order valence-corrected chi connectivity index (χ0v) is 12.1. The molecule has 1 heterocycles. The maximum absolute atomic E-state index is 11.4. The predicted molar refractivity (Wildman–Crippen MR) is 76.0 cm³/mol. The van der Waals surface area contributed by atoms with Crippen LogP contribution in [0.3, 0.4) is 0 Å². The first kappa shape index (κ1) is 15.9. The SMILES string of the molecule is CC(C)(C)OC(=O)NCCC/C(=N\O)c1cccnc1. The lowest BCUT2D eigenvalue weighted by molar-refractivity contribution is 0.0527. The maximum atomic E-state index is 11.4. The molecule has 110 valence electrons. The lowest BCUT2D eigenvalue weighted by Gasteiger charge is -2.19. The second-order valence-corrected chi connectivity index (χ2v) is 5.32. The van der Waals surface area contributed by atoms with Crippen molar-refractivity contribution in [1.82, 2.24) is 10.3 Å². The van der Waals surface area contributed by atoms with Gasteiger partial charge in [0.05, 0.1) is 5.71 Å². The highest BCUT2D eigenvalue weighted by Gasteiger charge is 2.15. The van der Waals surface area contributed by atoms with Crippen molar-refractivity contribution >= 4 is 11.8 Å². The van der Waals surface area contributed by atoms with E-state index in [2.05, 4.69) is 15.5 Å². The Bertz CT molecular complexity index is 452. The first-order valence-electron chi connectivity index (χ1n) is 6.50. The molecule has 0 bridgehead atoms.